The van der Waals surface area contributed by atoms with Crippen molar-refractivity contribution in [1.29, 1.82) is 0 Å². The molecule has 0 unspecified atom stereocenters. The zero-order valence-corrected chi connectivity index (χ0v) is 17.4. The number of thiophene rings is 1. The monoisotopic (exact) mass is 447 g/mol. The van der Waals surface area contributed by atoms with Crippen molar-refractivity contribution in [1.82, 2.24) is 9.97 Å². The van der Waals surface area contributed by atoms with Crippen LogP contribution in [-0.2, 0) is 6.18 Å². The third kappa shape index (κ3) is 3.94. The Morgan fingerprint density at radius 1 is 0.719 bits per heavy atom. The summed E-state index contributed by atoms with van der Waals surface area (Å²) in [5, 5.41) is 6.01. The Bertz CT molecular complexity index is 1360. The van der Waals surface area contributed by atoms with Gasteiger partial charge in [-0.1, -0.05) is 54.6 Å². The van der Waals surface area contributed by atoms with Crippen LogP contribution in [0.1, 0.15) is 5.56 Å². The summed E-state index contributed by atoms with van der Waals surface area (Å²) in [6, 6.07) is 23.3. The Morgan fingerprint density at radius 3 is 2.06 bits per heavy atom. The number of fused-ring (bicyclic) bond motifs is 1. The second-order valence-electron chi connectivity index (χ2n) is 7.20. The maximum absolute atomic E-state index is 12.9. The Kier molecular flexibility index (Phi) is 5.11. The van der Waals surface area contributed by atoms with E-state index in [1.165, 1.54) is 29.8 Å². The van der Waals surface area contributed by atoms with Gasteiger partial charge in [-0.05, 0) is 41.0 Å². The predicted octanol–water partition coefficient (Wildman–Crippen LogP) is 7.79. The fourth-order valence-corrected chi connectivity index (χ4v) is 4.45. The maximum Gasteiger partial charge on any atom is 0.416 e. The minimum absolute atomic E-state index is 0.523. The summed E-state index contributed by atoms with van der Waals surface area (Å²) in [6.45, 7) is 0. The molecule has 158 valence electrons. The lowest BCUT2D eigenvalue weighted by molar-refractivity contribution is -0.137. The molecule has 0 aliphatic heterocycles. The first-order valence-electron chi connectivity index (χ1n) is 9.81. The van der Waals surface area contributed by atoms with E-state index < -0.39 is 11.7 Å². The molecule has 0 fully saturated rings. The standard InChI is InChI=1S/C25H16F3N3S/c26-25(27,28)19-10-12-20(13-11-19)31-23-22-21(14-32-24(22)30-15-29-23)18-8-6-17(7-9-18)16-4-2-1-3-5-16/h1-15H,(H,29,30,31). The zero-order valence-electron chi connectivity index (χ0n) is 16.6. The van der Waals surface area contributed by atoms with Crippen molar-refractivity contribution in [3.8, 4) is 22.3 Å². The minimum atomic E-state index is -4.37. The molecule has 0 aliphatic carbocycles. The second kappa shape index (κ2) is 8.09. The van der Waals surface area contributed by atoms with Crippen molar-refractivity contribution in [3.05, 3.63) is 96.1 Å². The van der Waals surface area contributed by atoms with E-state index in [9.17, 15) is 13.2 Å². The molecule has 7 heteroatoms. The Hall–Kier alpha value is -3.71. The molecule has 5 aromatic rings. The number of aromatic nitrogens is 2. The number of benzene rings is 3. The van der Waals surface area contributed by atoms with Crippen LogP contribution in [0, 0.1) is 0 Å². The van der Waals surface area contributed by atoms with Gasteiger partial charge in [0.05, 0.1) is 10.9 Å². The van der Waals surface area contributed by atoms with Crippen molar-refractivity contribution < 1.29 is 13.2 Å². The van der Waals surface area contributed by atoms with Gasteiger partial charge in [0.25, 0.3) is 0 Å². The summed E-state index contributed by atoms with van der Waals surface area (Å²) >= 11 is 1.50. The van der Waals surface area contributed by atoms with Gasteiger partial charge in [-0.25, -0.2) is 9.97 Å². The average molecular weight is 447 g/mol. The first-order chi connectivity index (χ1) is 15.5. The highest BCUT2D eigenvalue weighted by atomic mass is 32.1. The average Bonchev–Trinajstić information content (AvgIpc) is 3.25. The molecule has 5 rings (SSSR count). The SMILES string of the molecule is FC(F)(F)c1ccc(Nc2ncnc3scc(-c4ccc(-c5ccccc5)cc4)c23)cc1. The van der Waals surface area contributed by atoms with Gasteiger partial charge in [-0.15, -0.1) is 11.3 Å². The number of nitrogens with zero attached hydrogens (tertiary/aromatic N) is 2. The van der Waals surface area contributed by atoms with Gasteiger partial charge in [-0.2, -0.15) is 13.2 Å². The van der Waals surface area contributed by atoms with Crippen LogP contribution < -0.4 is 5.32 Å². The number of halogens is 3. The zero-order chi connectivity index (χ0) is 22.1. The highest BCUT2D eigenvalue weighted by Crippen LogP contribution is 2.38. The van der Waals surface area contributed by atoms with Crippen LogP contribution in [0.25, 0.3) is 32.5 Å². The van der Waals surface area contributed by atoms with E-state index in [2.05, 4.69) is 51.7 Å². The van der Waals surface area contributed by atoms with Crippen LogP contribution in [0.15, 0.2) is 90.6 Å². The molecule has 0 saturated heterocycles. The van der Waals surface area contributed by atoms with E-state index in [0.29, 0.717) is 11.5 Å². The lowest BCUT2D eigenvalue weighted by atomic mass is 10.0. The second-order valence-corrected chi connectivity index (χ2v) is 8.05. The van der Waals surface area contributed by atoms with E-state index in [4.69, 9.17) is 0 Å². The molecule has 0 amide bonds. The van der Waals surface area contributed by atoms with Crippen molar-refractivity contribution >= 4 is 33.1 Å². The van der Waals surface area contributed by atoms with Gasteiger partial charge in [-0.3, -0.25) is 0 Å². The molecule has 32 heavy (non-hydrogen) atoms. The van der Waals surface area contributed by atoms with E-state index in [-0.39, 0.29) is 0 Å². The van der Waals surface area contributed by atoms with Gasteiger partial charge in [0.2, 0.25) is 0 Å². The Labute approximate surface area is 186 Å². The van der Waals surface area contributed by atoms with Crippen molar-refractivity contribution in [3.63, 3.8) is 0 Å². The number of hydrogen-bond donors (Lipinski definition) is 1. The fourth-order valence-electron chi connectivity index (χ4n) is 3.53. The van der Waals surface area contributed by atoms with Crippen LogP contribution in [0.3, 0.4) is 0 Å². The molecule has 3 nitrogen and oxygen atoms in total. The van der Waals surface area contributed by atoms with Crippen LogP contribution in [-0.4, -0.2) is 9.97 Å². The highest BCUT2D eigenvalue weighted by Gasteiger charge is 2.30. The quantitative estimate of drug-likeness (QED) is 0.306. The molecule has 1 N–H and O–H groups in total. The highest BCUT2D eigenvalue weighted by molar-refractivity contribution is 7.17. The van der Waals surface area contributed by atoms with Crippen LogP contribution in [0.4, 0.5) is 24.7 Å². The van der Waals surface area contributed by atoms with Crippen LogP contribution in [0.2, 0.25) is 0 Å². The summed E-state index contributed by atoms with van der Waals surface area (Å²) in [5.74, 6) is 0.554. The summed E-state index contributed by atoms with van der Waals surface area (Å²) < 4.78 is 38.6. The summed E-state index contributed by atoms with van der Waals surface area (Å²) in [5.41, 5.74) is 4.08. The lowest BCUT2D eigenvalue weighted by Crippen LogP contribution is -2.04. The van der Waals surface area contributed by atoms with Crippen molar-refractivity contribution in [2.45, 2.75) is 6.18 Å². The lowest BCUT2D eigenvalue weighted by Gasteiger charge is -2.11. The molecule has 3 aromatic carbocycles. The van der Waals surface area contributed by atoms with Gasteiger partial charge in [0.1, 0.15) is 17.0 Å². The first-order valence-corrected chi connectivity index (χ1v) is 10.7. The first kappa shape index (κ1) is 20.2. The minimum Gasteiger partial charge on any atom is -0.340 e. The molecule has 0 atom stereocenters. The van der Waals surface area contributed by atoms with Gasteiger partial charge >= 0.3 is 6.18 Å². The smallest absolute Gasteiger partial charge is 0.340 e. The summed E-state index contributed by atoms with van der Waals surface area (Å²) in [7, 11) is 0. The summed E-state index contributed by atoms with van der Waals surface area (Å²) in [6.07, 6.45) is -2.92. The molecule has 0 spiro atoms. The molecule has 0 saturated carbocycles. The van der Waals surface area contributed by atoms with E-state index in [0.717, 1.165) is 44.6 Å². The van der Waals surface area contributed by atoms with Crippen LogP contribution >= 0.6 is 11.3 Å². The van der Waals surface area contributed by atoms with Crippen molar-refractivity contribution in [2.24, 2.45) is 0 Å². The summed E-state index contributed by atoms with van der Waals surface area (Å²) in [4.78, 5) is 9.52. The third-order valence-corrected chi connectivity index (χ3v) is 6.03. The Balaban J connectivity index is 1.49. The molecular weight excluding hydrogens is 431 g/mol. The van der Waals surface area contributed by atoms with E-state index in [1.807, 2.05) is 23.6 Å². The van der Waals surface area contributed by atoms with Gasteiger partial charge in [0.15, 0.2) is 0 Å². The molecule has 0 aliphatic rings. The number of alkyl halides is 3. The number of nitrogens with one attached hydrogen (secondary N) is 1. The predicted molar refractivity (Wildman–Crippen MR) is 123 cm³/mol. The molecule has 0 radical (unpaired) electrons. The number of rotatable bonds is 4. The topological polar surface area (TPSA) is 37.8 Å². The molecule has 2 heterocycles. The molecule has 2 aromatic heterocycles. The van der Waals surface area contributed by atoms with E-state index in [1.54, 1.807) is 0 Å². The molecule has 0 bridgehead atoms. The number of anilines is 2. The van der Waals surface area contributed by atoms with E-state index >= 15 is 0 Å². The molecular formula is C25H16F3N3S. The number of hydrogen-bond acceptors (Lipinski definition) is 4. The van der Waals surface area contributed by atoms with Crippen molar-refractivity contribution in [2.75, 3.05) is 5.32 Å². The van der Waals surface area contributed by atoms with Crippen LogP contribution in [0.5, 0.6) is 0 Å². The normalized spacial score (nSPS) is 11.6. The van der Waals surface area contributed by atoms with Gasteiger partial charge in [0, 0.05) is 16.6 Å². The fraction of sp³-hybridized carbons (Fsp3) is 0.0400. The maximum atomic E-state index is 12.9. The Morgan fingerprint density at radius 2 is 1.38 bits per heavy atom. The van der Waals surface area contributed by atoms with Gasteiger partial charge < -0.3 is 5.32 Å². The largest absolute Gasteiger partial charge is 0.416 e. The third-order valence-electron chi connectivity index (χ3n) is 5.15.